The average molecular weight is 170 g/mol. The number of cyclic esters (lactones) is 1. The second kappa shape index (κ2) is 2.37. The van der Waals surface area contributed by atoms with Crippen LogP contribution in [-0.4, -0.2) is 35.9 Å². The first-order valence-corrected chi connectivity index (χ1v) is 2.83. The Morgan fingerprint density at radius 2 is 2.18 bits per heavy atom. The quantitative estimate of drug-likeness (QED) is 0.515. The normalized spacial score (nSPS) is 36.5. The number of rotatable bonds is 0. The van der Waals surface area contributed by atoms with E-state index in [1.165, 1.54) is 0 Å². The highest BCUT2D eigenvalue weighted by Gasteiger charge is 2.55. The summed E-state index contributed by atoms with van der Waals surface area (Å²) in [4.78, 5) is 10.2. The molecule has 1 saturated heterocycles. The Balaban J connectivity index is 2.80. The first kappa shape index (κ1) is 8.32. The van der Waals surface area contributed by atoms with Crippen molar-refractivity contribution in [2.75, 3.05) is 6.61 Å². The van der Waals surface area contributed by atoms with Crippen molar-refractivity contribution >= 4 is 5.97 Å². The van der Waals surface area contributed by atoms with Crippen molar-refractivity contribution in [3.63, 3.8) is 0 Å². The van der Waals surface area contributed by atoms with Crippen LogP contribution in [0.3, 0.4) is 0 Å². The molecule has 1 aliphatic rings. The standard InChI is InChI=1S/C5H5F3O3/c6-3-4(10)11-1-2(9)5(3,7)8/h2-3,9H,1H2. The van der Waals surface area contributed by atoms with Crippen molar-refractivity contribution in [3.05, 3.63) is 0 Å². The Hall–Kier alpha value is -0.780. The van der Waals surface area contributed by atoms with Gasteiger partial charge in [0.25, 0.3) is 6.17 Å². The number of halogens is 3. The molecule has 0 radical (unpaired) electrons. The zero-order valence-corrected chi connectivity index (χ0v) is 5.26. The van der Waals surface area contributed by atoms with Gasteiger partial charge in [0, 0.05) is 0 Å². The highest BCUT2D eigenvalue weighted by Crippen LogP contribution is 2.30. The minimum absolute atomic E-state index is 0.855. The maximum absolute atomic E-state index is 12.3. The van der Waals surface area contributed by atoms with Gasteiger partial charge in [-0.2, -0.15) is 8.78 Å². The van der Waals surface area contributed by atoms with Crippen LogP contribution >= 0.6 is 0 Å². The van der Waals surface area contributed by atoms with Gasteiger partial charge >= 0.3 is 11.9 Å². The monoisotopic (exact) mass is 170 g/mol. The predicted molar refractivity (Wildman–Crippen MR) is 26.8 cm³/mol. The lowest BCUT2D eigenvalue weighted by Gasteiger charge is -2.28. The van der Waals surface area contributed by atoms with Crippen molar-refractivity contribution in [1.82, 2.24) is 0 Å². The Morgan fingerprint density at radius 3 is 2.64 bits per heavy atom. The molecule has 0 saturated carbocycles. The minimum atomic E-state index is -4.02. The SMILES string of the molecule is O=C1OCC(O)C(F)(F)C1F. The molecule has 0 spiro atoms. The maximum atomic E-state index is 12.3. The van der Waals surface area contributed by atoms with Gasteiger partial charge in [-0.1, -0.05) is 0 Å². The summed E-state index contributed by atoms with van der Waals surface area (Å²) in [7, 11) is 0. The van der Waals surface area contributed by atoms with E-state index in [0.717, 1.165) is 0 Å². The van der Waals surface area contributed by atoms with Crippen LogP contribution in [-0.2, 0) is 9.53 Å². The predicted octanol–water partition coefficient (Wildman–Crippen LogP) is -0.123. The Morgan fingerprint density at radius 1 is 1.64 bits per heavy atom. The van der Waals surface area contributed by atoms with Crippen LogP contribution in [0.5, 0.6) is 0 Å². The molecule has 2 atom stereocenters. The molecule has 11 heavy (non-hydrogen) atoms. The summed E-state index contributed by atoms with van der Waals surface area (Å²) >= 11 is 0. The summed E-state index contributed by atoms with van der Waals surface area (Å²) in [5, 5.41) is 8.46. The summed E-state index contributed by atoms with van der Waals surface area (Å²) in [6.07, 6.45) is -5.29. The van der Waals surface area contributed by atoms with Gasteiger partial charge in [-0.05, 0) is 0 Å². The third-order valence-electron chi connectivity index (χ3n) is 1.37. The van der Waals surface area contributed by atoms with E-state index in [1.807, 2.05) is 0 Å². The Bertz CT molecular complexity index is 182. The molecule has 0 aromatic carbocycles. The summed E-state index contributed by atoms with van der Waals surface area (Å²) in [5.41, 5.74) is 0. The third kappa shape index (κ3) is 1.18. The lowest BCUT2D eigenvalue weighted by atomic mass is 10.1. The summed E-state index contributed by atoms with van der Waals surface area (Å²) < 4.78 is 40.7. The van der Waals surface area contributed by atoms with E-state index < -0.39 is 30.8 Å². The molecule has 6 heteroatoms. The first-order chi connectivity index (χ1) is 4.96. The second-order valence-electron chi connectivity index (χ2n) is 2.18. The number of hydrogen-bond donors (Lipinski definition) is 1. The largest absolute Gasteiger partial charge is 0.460 e. The number of aliphatic hydroxyl groups excluding tert-OH is 1. The highest BCUT2D eigenvalue weighted by atomic mass is 19.3. The number of ether oxygens (including phenoxy) is 1. The van der Waals surface area contributed by atoms with Gasteiger partial charge in [0.15, 0.2) is 6.10 Å². The van der Waals surface area contributed by atoms with E-state index in [2.05, 4.69) is 4.74 Å². The molecule has 1 N–H and O–H groups in total. The highest BCUT2D eigenvalue weighted by molar-refractivity contribution is 5.76. The van der Waals surface area contributed by atoms with Crippen molar-refractivity contribution in [2.45, 2.75) is 18.2 Å². The number of carbonyl (C=O) groups excluding carboxylic acids is 1. The molecule has 64 valence electrons. The molecule has 1 rings (SSSR count). The van der Waals surface area contributed by atoms with Gasteiger partial charge in [0.2, 0.25) is 0 Å². The molecule has 1 heterocycles. The van der Waals surface area contributed by atoms with Crippen LogP contribution in [0, 0.1) is 0 Å². The van der Waals surface area contributed by atoms with Crippen LogP contribution < -0.4 is 0 Å². The van der Waals surface area contributed by atoms with Gasteiger partial charge in [-0.3, -0.25) is 0 Å². The van der Waals surface area contributed by atoms with Crippen molar-refractivity contribution in [3.8, 4) is 0 Å². The van der Waals surface area contributed by atoms with Crippen LogP contribution in [0.15, 0.2) is 0 Å². The second-order valence-corrected chi connectivity index (χ2v) is 2.18. The fourth-order valence-electron chi connectivity index (χ4n) is 0.671. The van der Waals surface area contributed by atoms with E-state index in [0.29, 0.717) is 0 Å². The van der Waals surface area contributed by atoms with Gasteiger partial charge in [0.05, 0.1) is 0 Å². The van der Waals surface area contributed by atoms with E-state index in [9.17, 15) is 18.0 Å². The van der Waals surface area contributed by atoms with Crippen molar-refractivity contribution < 1.29 is 27.8 Å². The van der Waals surface area contributed by atoms with E-state index >= 15 is 0 Å². The third-order valence-corrected chi connectivity index (χ3v) is 1.37. The Kier molecular flexibility index (Phi) is 1.79. The number of carbonyl (C=O) groups is 1. The van der Waals surface area contributed by atoms with Crippen LogP contribution in [0.1, 0.15) is 0 Å². The fourth-order valence-corrected chi connectivity index (χ4v) is 0.671. The number of aliphatic hydroxyl groups is 1. The zero-order valence-electron chi connectivity index (χ0n) is 5.26. The van der Waals surface area contributed by atoms with E-state index in [-0.39, 0.29) is 0 Å². The van der Waals surface area contributed by atoms with Crippen LogP contribution in [0.4, 0.5) is 13.2 Å². The smallest absolute Gasteiger partial charge is 0.347 e. The lowest BCUT2D eigenvalue weighted by molar-refractivity contribution is -0.218. The van der Waals surface area contributed by atoms with Crippen LogP contribution in [0.25, 0.3) is 0 Å². The number of hydrogen-bond acceptors (Lipinski definition) is 3. The lowest BCUT2D eigenvalue weighted by Crippen LogP contribution is -2.53. The minimum Gasteiger partial charge on any atom is -0.460 e. The van der Waals surface area contributed by atoms with E-state index in [4.69, 9.17) is 5.11 Å². The molecule has 0 bridgehead atoms. The van der Waals surface area contributed by atoms with Gasteiger partial charge in [-0.15, -0.1) is 0 Å². The molecule has 0 aromatic heterocycles. The fraction of sp³-hybridized carbons (Fsp3) is 0.800. The first-order valence-electron chi connectivity index (χ1n) is 2.83. The molecule has 1 fully saturated rings. The molecular formula is C5H5F3O3. The molecule has 0 aromatic rings. The molecule has 1 aliphatic heterocycles. The van der Waals surface area contributed by atoms with Gasteiger partial charge in [-0.25, -0.2) is 9.18 Å². The molecule has 0 amide bonds. The van der Waals surface area contributed by atoms with Crippen molar-refractivity contribution in [1.29, 1.82) is 0 Å². The topological polar surface area (TPSA) is 46.5 Å². The maximum Gasteiger partial charge on any atom is 0.347 e. The molecule has 3 nitrogen and oxygen atoms in total. The Labute approximate surface area is 59.8 Å². The van der Waals surface area contributed by atoms with Crippen LogP contribution in [0.2, 0.25) is 0 Å². The van der Waals surface area contributed by atoms with Crippen molar-refractivity contribution in [2.24, 2.45) is 0 Å². The molecule has 2 unspecified atom stereocenters. The summed E-state index contributed by atoms with van der Waals surface area (Å²) in [6.45, 7) is -0.855. The average Bonchev–Trinajstić information content (AvgIpc) is 1.95. The number of esters is 1. The number of alkyl halides is 3. The summed E-state index contributed by atoms with van der Waals surface area (Å²) in [6, 6.07) is 0. The van der Waals surface area contributed by atoms with E-state index in [1.54, 1.807) is 0 Å². The van der Waals surface area contributed by atoms with Gasteiger partial charge < -0.3 is 9.84 Å². The molecular weight excluding hydrogens is 165 g/mol. The summed E-state index contributed by atoms with van der Waals surface area (Å²) in [5.74, 6) is -5.64. The zero-order chi connectivity index (χ0) is 8.65. The van der Waals surface area contributed by atoms with Gasteiger partial charge in [0.1, 0.15) is 6.61 Å². The molecule has 0 aliphatic carbocycles.